The third-order valence-electron chi connectivity index (χ3n) is 3.37. The Bertz CT molecular complexity index is 492. The Morgan fingerprint density at radius 3 is 2.47 bits per heavy atom. The standard InChI is InChI=1S/C16H18O3/c1-2-15(17)19-16(18)14(13-9-5-6-10-13)11-12-7-3-4-8-12/h2,7,9,11H,1,3-6,8,10H2. The Hall–Kier alpha value is -1.90. The van der Waals surface area contributed by atoms with E-state index >= 15 is 0 Å². The van der Waals surface area contributed by atoms with E-state index in [1.807, 2.05) is 6.08 Å². The van der Waals surface area contributed by atoms with Crippen LogP contribution < -0.4 is 0 Å². The third-order valence-corrected chi connectivity index (χ3v) is 3.37. The van der Waals surface area contributed by atoms with Gasteiger partial charge in [0.1, 0.15) is 0 Å². The van der Waals surface area contributed by atoms with Crippen LogP contribution in [0, 0.1) is 0 Å². The van der Waals surface area contributed by atoms with Gasteiger partial charge in [-0.15, -0.1) is 0 Å². The molecule has 0 spiro atoms. The predicted octanol–water partition coefficient (Wildman–Crippen LogP) is 3.39. The molecule has 0 fully saturated rings. The summed E-state index contributed by atoms with van der Waals surface area (Å²) < 4.78 is 4.75. The Kier molecular flexibility index (Phi) is 4.50. The number of allylic oxidation sites excluding steroid dienone is 4. The van der Waals surface area contributed by atoms with Gasteiger partial charge in [-0.1, -0.05) is 24.3 Å². The first-order valence-corrected chi connectivity index (χ1v) is 6.69. The Morgan fingerprint density at radius 2 is 1.89 bits per heavy atom. The summed E-state index contributed by atoms with van der Waals surface area (Å²) in [6.07, 6.45) is 13.1. The summed E-state index contributed by atoms with van der Waals surface area (Å²) in [5, 5.41) is 0. The largest absolute Gasteiger partial charge is 0.386 e. The average Bonchev–Trinajstić information content (AvgIpc) is 3.08. The summed E-state index contributed by atoms with van der Waals surface area (Å²) >= 11 is 0. The van der Waals surface area contributed by atoms with E-state index in [-0.39, 0.29) is 0 Å². The molecule has 2 aliphatic rings. The van der Waals surface area contributed by atoms with Crippen molar-refractivity contribution < 1.29 is 14.3 Å². The molecular formula is C16H18O3. The first kappa shape index (κ1) is 13.5. The van der Waals surface area contributed by atoms with Crippen LogP contribution in [0.2, 0.25) is 0 Å². The fourth-order valence-electron chi connectivity index (χ4n) is 2.40. The molecule has 0 N–H and O–H groups in total. The summed E-state index contributed by atoms with van der Waals surface area (Å²) in [5.41, 5.74) is 2.68. The molecule has 2 rings (SSSR count). The molecule has 0 aliphatic heterocycles. The van der Waals surface area contributed by atoms with Crippen molar-refractivity contribution in [3.05, 3.63) is 47.6 Å². The lowest BCUT2D eigenvalue weighted by Crippen LogP contribution is -2.13. The van der Waals surface area contributed by atoms with E-state index in [2.05, 4.69) is 18.7 Å². The van der Waals surface area contributed by atoms with Crippen LogP contribution in [0.3, 0.4) is 0 Å². The van der Waals surface area contributed by atoms with Crippen molar-refractivity contribution in [1.29, 1.82) is 0 Å². The second kappa shape index (κ2) is 6.32. The highest BCUT2D eigenvalue weighted by Crippen LogP contribution is 2.29. The molecule has 100 valence electrons. The molecule has 0 saturated heterocycles. The van der Waals surface area contributed by atoms with Gasteiger partial charge in [0, 0.05) is 6.08 Å². The molecule has 2 aliphatic carbocycles. The Morgan fingerprint density at radius 1 is 1.16 bits per heavy atom. The van der Waals surface area contributed by atoms with Crippen molar-refractivity contribution in [2.24, 2.45) is 0 Å². The minimum Gasteiger partial charge on any atom is -0.386 e. The lowest BCUT2D eigenvalue weighted by atomic mass is 10.0. The van der Waals surface area contributed by atoms with Crippen molar-refractivity contribution in [3.8, 4) is 0 Å². The molecule has 3 nitrogen and oxygen atoms in total. The van der Waals surface area contributed by atoms with Crippen LogP contribution in [0.5, 0.6) is 0 Å². The topological polar surface area (TPSA) is 43.4 Å². The van der Waals surface area contributed by atoms with E-state index in [0.29, 0.717) is 5.57 Å². The molecule has 3 heteroatoms. The molecule has 0 atom stereocenters. The first-order chi connectivity index (χ1) is 9.20. The summed E-state index contributed by atoms with van der Waals surface area (Å²) in [7, 11) is 0. The zero-order valence-corrected chi connectivity index (χ0v) is 11.0. The smallest absolute Gasteiger partial charge is 0.346 e. The highest BCUT2D eigenvalue weighted by atomic mass is 16.6. The fourth-order valence-corrected chi connectivity index (χ4v) is 2.40. The van der Waals surface area contributed by atoms with E-state index in [1.54, 1.807) is 0 Å². The van der Waals surface area contributed by atoms with Gasteiger partial charge in [0.25, 0.3) is 0 Å². The third kappa shape index (κ3) is 3.53. The van der Waals surface area contributed by atoms with Gasteiger partial charge >= 0.3 is 11.9 Å². The molecule has 0 aromatic carbocycles. The molecule has 0 unspecified atom stereocenters. The Balaban J connectivity index is 2.20. The van der Waals surface area contributed by atoms with E-state index < -0.39 is 11.9 Å². The second-order valence-corrected chi connectivity index (χ2v) is 4.76. The number of rotatable bonds is 4. The summed E-state index contributed by atoms with van der Waals surface area (Å²) in [5.74, 6) is -1.26. The van der Waals surface area contributed by atoms with Crippen molar-refractivity contribution in [2.45, 2.75) is 38.5 Å². The van der Waals surface area contributed by atoms with E-state index in [9.17, 15) is 9.59 Å². The fraction of sp³-hybridized carbons (Fsp3) is 0.375. The monoisotopic (exact) mass is 258 g/mol. The molecule has 0 aromatic heterocycles. The normalized spacial score (nSPS) is 18.8. The van der Waals surface area contributed by atoms with Crippen molar-refractivity contribution in [3.63, 3.8) is 0 Å². The summed E-state index contributed by atoms with van der Waals surface area (Å²) in [6, 6.07) is 0. The minimum atomic E-state index is -0.699. The number of esters is 2. The SMILES string of the molecule is C=CC(=O)OC(=O)C(=CC1=CCCC1)C1=CCCC1. The van der Waals surface area contributed by atoms with Gasteiger partial charge in [0.05, 0.1) is 5.57 Å². The highest BCUT2D eigenvalue weighted by molar-refractivity contribution is 6.02. The maximum absolute atomic E-state index is 12.1. The molecule has 0 aromatic rings. The maximum Gasteiger partial charge on any atom is 0.346 e. The second-order valence-electron chi connectivity index (χ2n) is 4.76. The predicted molar refractivity (Wildman–Crippen MR) is 73.2 cm³/mol. The maximum atomic E-state index is 12.1. The van der Waals surface area contributed by atoms with Gasteiger partial charge in [-0.2, -0.15) is 0 Å². The summed E-state index contributed by atoms with van der Waals surface area (Å²) in [6.45, 7) is 3.30. The molecule has 0 heterocycles. The van der Waals surface area contributed by atoms with Gasteiger partial charge < -0.3 is 4.74 Å². The lowest BCUT2D eigenvalue weighted by Gasteiger charge is -2.07. The molecule has 0 bridgehead atoms. The zero-order valence-electron chi connectivity index (χ0n) is 11.0. The van der Waals surface area contributed by atoms with E-state index in [1.165, 1.54) is 0 Å². The first-order valence-electron chi connectivity index (χ1n) is 6.69. The lowest BCUT2D eigenvalue weighted by molar-refractivity contribution is -0.153. The zero-order chi connectivity index (χ0) is 13.7. The van der Waals surface area contributed by atoms with Gasteiger partial charge in [-0.25, -0.2) is 9.59 Å². The van der Waals surface area contributed by atoms with Crippen LogP contribution in [-0.2, 0) is 14.3 Å². The van der Waals surface area contributed by atoms with Crippen LogP contribution in [0.25, 0.3) is 0 Å². The van der Waals surface area contributed by atoms with Crippen LogP contribution in [0.4, 0.5) is 0 Å². The van der Waals surface area contributed by atoms with Gasteiger partial charge in [0.15, 0.2) is 0 Å². The number of hydrogen-bond donors (Lipinski definition) is 0. The van der Waals surface area contributed by atoms with Crippen LogP contribution >= 0.6 is 0 Å². The van der Waals surface area contributed by atoms with Gasteiger partial charge in [0.2, 0.25) is 0 Å². The van der Waals surface area contributed by atoms with Crippen molar-refractivity contribution in [1.82, 2.24) is 0 Å². The van der Waals surface area contributed by atoms with Crippen LogP contribution in [0.15, 0.2) is 47.6 Å². The molecular weight excluding hydrogens is 240 g/mol. The van der Waals surface area contributed by atoms with Crippen molar-refractivity contribution >= 4 is 11.9 Å². The molecule has 19 heavy (non-hydrogen) atoms. The number of carbonyl (C=O) groups excluding carboxylic acids is 2. The average molecular weight is 258 g/mol. The summed E-state index contributed by atoms with van der Waals surface area (Å²) in [4.78, 5) is 23.2. The quantitative estimate of drug-likeness (QED) is 0.441. The number of hydrogen-bond acceptors (Lipinski definition) is 3. The molecule has 0 saturated carbocycles. The van der Waals surface area contributed by atoms with Gasteiger partial charge in [-0.3, -0.25) is 0 Å². The molecule has 0 radical (unpaired) electrons. The Labute approximate surface area is 113 Å². The van der Waals surface area contributed by atoms with Gasteiger partial charge in [-0.05, 0) is 50.2 Å². The van der Waals surface area contributed by atoms with Crippen LogP contribution in [0.1, 0.15) is 38.5 Å². The van der Waals surface area contributed by atoms with E-state index in [4.69, 9.17) is 4.74 Å². The number of ether oxygens (including phenoxy) is 1. The molecule has 0 amide bonds. The highest BCUT2D eigenvalue weighted by Gasteiger charge is 2.21. The van der Waals surface area contributed by atoms with Crippen molar-refractivity contribution in [2.75, 3.05) is 0 Å². The number of carbonyl (C=O) groups is 2. The minimum absolute atomic E-state index is 0.529. The van der Waals surface area contributed by atoms with E-state index in [0.717, 1.165) is 55.7 Å². The van der Waals surface area contributed by atoms with Crippen LogP contribution in [-0.4, -0.2) is 11.9 Å².